The van der Waals surface area contributed by atoms with Crippen molar-refractivity contribution in [2.45, 2.75) is 6.54 Å². The van der Waals surface area contributed by atoms with Crippen molar-refractivity contribution in [1.82, 2.24) is 9.80 Å². The van der Waals surface area contributed by atoms with Gasteiger partial charge in [0.05, 0.1) is 17.1 Å². The van der Waals surface area contributed by atoms with Crippen LogP contribution in [0.15, 0.2) is 36.4 Å². The third kappa shape index (κ3) is 4.80. The summed E-state index contributed by atoms with van der Waals surface area (Å²) in [6.45, 7) is 4.90. The number of anilines is 1. The van der Waals surface area contributed by atoms with Gasteiger partial charge in [-0.1, -0.05) is 17.7 Å². The van der Waals surface area contributed by atoms with Gasteiger partial charge in [0.1, 0.15) is 6.07 Å². The number of fused-ring (bicyclic) bond motifs is 1. The summed E-state index contributed by atoms with van der Waals surface area (Å²) in [6.07, 6.45) is 0. The van der Waals surface area contributed by atoms with E-state index in [2.05, 4.69) is 21.2 Å². The SMILES string of the molecule is N#Cc1ccc(NC(=O)CN2CCN(Cc3ccc4c(c3)OCO4)CC2)cc1Cl. The molecule has 2 aliphatic rings. The number of rotatable bonds is 5. The number of piperazine rings is 1. The minimum atomic E-state index is -0.0880. The van der Waals surface area contributed by atoms with Gasteiger partial charge in [0, 0.05) is 38.4 Å². The van der Waals surface area contributed by atoms with Gasteiger partial charge in [0.25, 0.3) is 0 Å². The van der Waals surface area contributed by atoms with E-state index >= 15 is 0 Å². The van der Waals surface area contributed by atoms with Gasteiger partial charge in [-0.15, -0.1) is 0 Å². The Morgan fingerprint density at radius 3 is 2.59 bits per heavy atom. The number of ether oxygens (including phenoxy) is 2. The Morgan fingerprint density at radius 2 is 1.83 bits per heavy atom. The van der Waals surface area contributed by atoms with Crippen molar-refractivity contribution in [2.75, 3.05) is 44.8 Å². The van der Waals surface area contributed by atoms with Crippen molar-refractivity contribution in [3.63, 3.8) is 0 Å². The molecule has 150 valence electrons. The molecule has 0 aromatic heterocycles. The van der Waals surface area contributed by atoms with Crippen LogP contribution in [-0.4, -0.2) is 55.2 Å². The molecule has 0 atom stereocenters. The topological polar surface area (TPSA) is 77.8 Å². The van der Waals surface area contributed by atoms with Crippen molar-refractivity contribution >= 4 is 23.2 Å². The summed E-state index contributed by atoms with van der Waals surface area (Å²) in [5.41, 5.74) is 2.18. The van der Waals surface area contributed by atoms with Crippen LogP contribution in [0.3, 0.4) is 0 Å². The van der Waals surface area contributed by atoms with E-state index < -0.39 is 0 Å². The molecule has 4 rings (SSSR count). The first-order chi connectivity index (χ1) is 14.1. The van der Waals surface area contributed by atoms with Crippen LogP contribution in [-0.2, 0) is 11.3 Å². The monoisotopic (exact) mass is 412 g/mol. The van der Waals surface area contributed by atoms with Crippen molar-refractivity contribution in [1.29, 1.82) is 5.26 Å². The number of carbonyl (C=O) groups excluding carboxylic acids is 1. The van der Waals surface area contributed by atoms with E-state index in [-0.39, 0.29) is 12.7 Å². The molecule has 0 aliphatic carbocycles. The van der Waals surface area contributed by atoms with Crippen LogP contribution in [0.4, 0.5) is 5.69 Å². The zero-order valence-corrected chi connectivity index (χ0v) is 16.6. The Balaban J connectivity index is 1.24. The first-order valence-corrected chi connectivity index (χ1v) is 9.81. The first kappa shape index (κ1) is 19.5. The van der Waals surface area contributed by atoms with E-state index in [1.807, 2.05) is 18.2 Å². The van der Waals surface area contributed by atoms with Gasteiger partial charge < -0.3 is 14.8 Å². The second kappa shape index (κ2) is 8.70. The Labute approximate surface area is 174 Å². The number of amides is 1. The molecule has 2 aromatic rings. The van der Waals surface area contributed by atoms with Crippen molar-refractivity contribution in [3.05, 3.63) is 52.5 Å². The summed E-state index contributed by atoms with van der Waals surface area (Å²) in [7, 11) is 0. The molecule has 0 saturated carbocycles. The highest BCUT2D eigenvalue weighted by Gasteiger charge is 2.20. The van der Waals surface area contributed by atoms with E-state index in [0.29, 0.717) is 22.8 Å². The van der Waals surface area contributed by atoms with Crippen LogP contribution in [0.5, 0.6) is 11.5 Å². The number of carbonyl (C=O) groups is 1. The lowest BCUT2D eigenvalue weighted by Gasteiger charge is -2.34. The third-order valence-corrected chi connectivity index (χ3v) is 5.36. The summed E-state index contributed by atoms with van der Waals surface area (Å²) >= 11 is 6.01. The van der Waals surface area contributed by atoms with Crippen LogP contribution in [0, 0.1) is 11.3 Å². The van der Waals surface area contributed by atoms with Crippen LogP contribution < -0.4 is 14.8 Å². The Bertz CT molecular complexity index is 951. The lowest BCUT2D eigenvalue weighted by Crippen LogP contribution is -2.48. The van der Waals surface area contributed by atoms with E-state index in [0.717, 1.165) is 44.2 Å². The van der Waals surface area contributed by atoms with E-state index in [4.69, 9.17) is 26.3 Å². The van der Waals surface area contributed by atoms with Gasteiger partial charge in [-0.3, -0.25) is 14.6 Å². The summed E-state index contributed by atoms with van der Waals surface area (Å²) in [5, 5.41) is 12.1. The number of hydrogen-bond donors (Lipinski definition) is 1. The molecule has 1 amide bonds. The molecule has 1 fully saturated rings. The molecule has 2 heterocycles. The molecule has 2 aromatic carbocycles. The average Bonchev–Trinajstić information content (AvgIpc) is 3.17. The molecular weight excluding hydrogens is 392 g/mol. The predicted molar refractivity (Wildman–Crippen MR) is 109 cm³/mol. The third-order valence-electron chi connectivity index (χ3n) is 5.05. The maximum Gasteiger partial charge on any atom is 0.238 e. The number of hydrogen-bond acceptors (Lipinski definition) is 6. The molecule has 0 radical (unpaired) electrons. The Hall–Kier alpha value is -2.79. The second-order valence-corrected chi connectivity index (χ2v) is 7.50. The molecular formula is C21H21ClN4O3. The molecule has 1 N–H and O–H groups in total. The van der Waals surface area contributed by atoms with Gasteiger partial charge in [-0.05, 0) is 35.9 Å². The quantitative estimate of drug-likeness (QED) is 0.813. The first-order valence-electron chi connectivity index (χ1n) is 9.43. The van der Waals surface area contributed by atoms with Crippen molar-refractivity contribution in [3.8, 4) is 17.6 Å². The summed E-state index contributed by atoms with van der Waals surface area (Å²) < 4.78 is 10.8. The van der Waals surface area contributed by atoms with Gasteiger partial charge in [-0.25, -0.2) is 0 Å². The molecule has 0 unspecified atom stereocenters. The molecule has 0 spiro atoms. The van der Waals surface area contributed by atoms with Crippen LogP contribution in [0.1, 0.15) is 11.1 Å². The molecule has 2 aliphatic heterocycles. The minimum Gasteiger partial charge on any atom is -0.454 e. The van der Waals surface area contributed by atoms with Crippen LogP contribution >= 0.6 is 11.6 Å². The predicted octanol–water partition coefficient (Wildman–Crippen LogP) is 2.70. The number of nitrogens with zero attached hydrogens (tertiary/aromatic N) is 3. The van der Waals surface area contributed by atoms with Crippen molar-refractivity contribution < 1.29 is 14.3 Å². The molecule has 29 heavy (non-hydrogen) atoms. The summed E-state index contributed by atoms with van der Waals surface area (Å²) in [4.78, 5) is 16.8. The fourth-order valence-corrected chi connectivity index (χ4v) is 3.71. The highest BCUT2D eigenvalue weighted by atomic mass is 35.5. The number of halogens is 1. The maximum atomic E-state index is 12.3. The highest BCUT2D eigenvalue weighted by molar-refractivity contribution is 6.32. The molecule has 0 bridgehead atoms. The van der Waals surface area contributed by atoms with Gasteiger partial charge >= 0.3 is 0 Å². The second-order valence-electron chi connectivity index (χ2n) is 7.09. The van der Waals surface area contributed by atoms with Gasteiger partial charge in [0.15, 0.2) is 11.5 Å². The molecule has 8 heteroatoms. The normalized spacial score (nSPS) is 16.4. The van der Waals surface area contributed by atoms with Gasteiger partial charge in [0.2, 0.25) is 12.7 Å². The van der Waals surface area contributed by atoms with Gasteiger partial charge in [-0.2, -0.15) is 5.26 Å². The van der Waals surface area contributed by atoms with Crippen molar-refractivity contribution in [2.24, 2.45) is 0 Å². The Morgan fingerprint density at radius 1 is 1.07 bits per heavy atom. The molecule has 7 nitrogen and oxygen atoms in total. The summed E-state index contributed by atoms with van der Waals surface area (Å²) in [5.74, 6) is 1.52. The van der Waals surface area contributed by atoms with E-state index in [9.17, 15) is 4.79 Å². The number of nitrogens with one attached hydrogen (secondary N) is 1. The fourth-order valence-electron chi connectivity index (χ4n) is 3.49. The number of nitriles is 1. The number of benzene rings is 2. The van der Waals surface area contributed by atoms with E-state index in [1.165, 1.54) is 5.56 Å². The standard InChI is InChI=1S/C21H21ClN4O3/c22-18-10-17(3-2-16(18)11-23)24-21(27)13-26-7-5-25(6-8-26)12-15-1-4-19-20(9-15)29-14-28-19/h1-4,9-10H,5-8,12-14H2,(H,24,27). The Kier molecular flexibility index (Phi) is 5.86. The average molecular weight is 413 g/mol. The van der Waals surface area contributed by atoms with Crippen LogP contribution in [0.2, 0.25) is 5.02 Å². The zero-order chi connectivity index (χ0) is 20.2. The smallest absolute Gasteiger partial charge is 0.238 e. The lowest BCUT2D eigenvalue weighted by atomic mass is 10.1. The lowest BCUT2D eigenvalue weighted by molar-refractivity contribution is -0.117. The highest BCUT2D eigenvalue weighted by Crippen LogP contribution is 2.32. The minimum absolute atomic E-state index is 0.0880. The fraction of sp³-hybridized carbons (Fsp3) is 0.333. The van der Waals surface area contributed by atoms with E-state index in [1.54, 1.807) is 18.2 Å². The molecule has 1 saturated heterocycles. The largest absolute Gasteiger partial charge is 0.454 e. The summed E-state index contributed by atoms with van der Waals surface area (Å²) in [6, 6.07) is 12.9. The van der Waals surface area contributed by atoms with Crippen LogP contribution in [0.25, 0.3) is 0 Å². The maximum absolute atomic E-state index is 12.3. The zero-order valence-electron chi connectivity index (χ0n) is 15.9.